The Morgan fingerprint density at radius 3 is 2.04 bits per heavy atom. The van der Waals surface area contributed by atoms with Gasteiger partial charge in [0, 0.05) is 18.7 Å². The smallest absolute Gasteiger partial charge is 0.255 e. The van der Waals surface area contributed by atoms with Gasteiger partial charge in [-0.05, 0) is 37.1 Å². The topological polar surface area (TPSA) is 72.9 Å². The van der Waals surface area contributed by atoms with Crippen molar-refractivity contribution < 1.29 is 19.0 Å². The number of nitrogens with zero attached hydrogens (tertiary/aromatic N) is 2. The number of carbonyl (C=O) groups is 1. The van der Waals surface area contributed by atoms with Crippen LogP contribution in [0.5, 0.6) is 17.2 Å². The molecule has 1 aromatic heterocycles. The van der Waals surface area contributed by atoms with Gasteiger partial charge < -0.3 is 24.4 Å². The maximum absolute atomic E-state index is 12.7. The minimum absolute atomic E-state index is 0.284. The SMILES string of the molecule is CCCN(CCC)c1ccc(NC(=O)c2cc(OC)c(OC)c(OC)c2)cn1. The Labute approximate surface area is 166 Å². The predicted molar refractivity (Wildman–Crippen MR) is 111 cm³/mol. The number of hydrogen-bond donors (Lipinski definition) is 1. The summed E-state index contributed by atoms with van der Waals surface area (Å²) in [5, 5.41) is 2.86. The van der Waals surface area contributed by atoms with E-state index in [1.807, 2.05) is 12.1 Å². The number of rotatable bonds is 10. The first-order chi connectivity index (χ1) is 13.6. The fourth-order valence-electron chi connectivity index (χ4n) is 2.94. The van der Waals surface area contributed by atoms with Crippen LogP contribution in [0.3, 0.4) is 0 Å². The van der Waals surface area contributed by atoms with Crippen LogP contribution in [0.1, 0.15) is 37.0 Å². The molecule has 0 unspecified atom stereocenters. The van der Waals surface area contributed by atoms with Crippen molar-refractivity contribution in [2.75, 3.05) is 44.6 Å². The van der Waals surface area contributed by atoms with Crippen LogP contribution in [0.2, 0.25) is 0 Å². The van der Waals surface area contributed by atoms with Crippen molar-refractivity contribution in [3.05, 3.63) is 36.0 Å². The van der Waals surface area contributed by atoms with E-state index in [1.54, 1.807) is 18.3 Å². The highest BCUT2D eigenvalue weighted by atomic mass is 16.5. The van der Waals surface area contributed by atoms with Crippen LogP contribution in [-0.2, 0) is 0 Å². The zero-order valence-electron chi connectivity index (χ0n) is 17.2. The molecular formula is C21H29N3O4. The van der Waals surface area contributed by atoms with Crippen LogP contribution in [-0.4, -0.2) is 45.3 Å². The highest BCUT2D eigenvalue weighted by molar-refractivity contribution is 6.05. The van der Waals surface area contributed by atoms with Crippen LogP contribution in [0, 0.1) is 0 Å². The standard InChI is InChI=1S/C21H29N3O4/c1-6-10-24(11-7-2)19-9-8-16(14-22-19)23-21(25)15-12-17(26-3)20(28-5)18(13-15)27-4/h8-9,12-14H,6-7,10-11H2,1-5H3,(H,23,25). The molecule has 7 heteroatoms. The number of anilines is 2. The van der Waals surface area contributed by atoms with Gasteiger partial charge in [-0.2, -0.15) is 0 Å². The molecule has 0 aliphatic heterocycles. The van der Waals surface area contributed by atoms with Gasteiger partial charge in [0.2, 0.25) is 5.75 Å². The maximum atomic E-state index is 12.7. The molecule has 1 amide bonds. The molecule has 0 fully saturated rings. The third-order valence-corrected chi connectivity index (χ3v) is 4.24. The van der Waals surface area contributed by atoms with E-state index in [4.69, 9.17) is 14.2 Å². The molecule has 0 aliphatic rings. The number of methoxy groups -OCH3 is 3. The number of pyridine rings is 1. The lowest BCUT2D eigenvalue weighted by atomic mass is 10.1. The molecule has 0 saturated carbocycles. The summed E-state index contributed by atoms with van der Waals surface area (Å²) in [4.78, 5) is 19.4. The number of amides is 1. The molecule has 2 rings (SSSR count). The molecule has 7 nitrogen and oxygen atoms in total. The molecular weight excluding hydrogens is 358 g/mol. The number of benzene rings is 1. The summed E-state index contributed by atoms with van der Waals surface area (Å²) in [6, 6.07) is 7.01. The van der Waals surface area contributed by atoms with Gasteiger partial charge in [0.15, 0.2) is 11.5 Å². The first-order valence-electron chi connectivity index (χ1n) is 9.40. The summed E-state index contributed by atoms with van der Waals surface area (Å²) in [5.74, 6) is 1.92. The Morgan fingerprint density at radius 1 is 1.00 bits per heavy atom. The molecule has 0 radical (unpaired) electrons. The molecule has 0 spiro atoms. The van der Waals surface area contributed by atoms with E-state index in [0.717, 1.165) is 31.7 Å². The van der Waals surface area contributed by atoms with Crippen molar-refractivity contribution in [2.24, 2.45) is 0 Å². The molecule has 0 bridgehead atoms. The van der Waals surface area contributed by atoms with E-state index < -0.39 is 0 Å². The molecule has 152 valence electrons. The summed E-state index contributed by atoms with van der Waals surface area (Å²) in [6.45, 7) is 6.21. The van der Waals surface area contributed by atoms with Crippen molar-refractivity contribution in [2.45, 2.75) is 26.7 Å². The maximum Gasteiger partial charge on any atom is 0.255 e. The van der Waals surface area contributed by atoms with E-state index in [1.165, 1.54) is 21.3 Å². The Balaban J connectivity index is 2.18. The molecule has 1 aromatic carbocycles. The van der Waals surface area contributed by atoms with Gasteiger partial charge in [0.05, 0.1) is 33.2 Å². The summed E-state index contributed by atoms with van der Waals surface area (Å²) < 4.78 is 15.9. The second-order valence-electron chi connectivity index (χ2n) is 6.26. The molecule has 2 aromatic rings. The minimum atomic E-state index is -0.284. The summed E-state index contributed by atoms with van der Waals surface area (Å²) in [7, 11) is 4.55. The fraction of sp³-hybridized carbons (Fsp3) is 0.429. The van der Waals surface area contributed by atoms with Crippen LogP contribution in [0.25, 0.3) is 0 Å². The first kappa shape index (κ1) is 21.3. The van der Waals surface area contributed by atoms with Gasteiger partial charge in [0.25, 0.3) is 5.91 Å². The van der Waals surface area contributed by atoms with Crippen molar-refractivity contribution in [3.63, 3.8) is 0 Å². The lowest BCUT2D eigenvalue weighted by molar-refractivity contribution is 0.102. The van der Waals surface area contributed by atoms with Gasteiger partial charge in [-0.15, -0.1) is 0 Å². The van der Waals surface area contributed by atoms with E-state index in [2.05, 4.69) is 29.0 Å². The van der Waals surface area contributed by atoms with Crippen LogP contribution in [0.4, 0.5) is 11.5 Å². The average Bonchev–Trinajstić information content (AvgIpc) is 2.72. The normalized spacial score (nSPS) is 10.3. The monoisotopic (exact) mass is 387 g/mol. The average molecular weight is 387 g/mol. The Bertz CT molecular complexity index is 747. The highest BCUT2D eigenvalue weighted by Gasteiger charge is 2.17. The number of hydrogen-bond acceptors (Lipinski definition) is 6. The highest BCUT2D eigenvalue weighted by Crippen LogP contribution is 2.38. The van der Waals surface area contributed by atoms with Crippen molar-refractivity contribution in [1.29, 1.82) is 0 Å². The first-order valence-corrected chi connectivity index (χ1v) is 9.40. The Kier molecular flexibility index (Phi) is 7.92. The second-order valence-corrected chi connectivity index (χ2v) is 6.26. The lowest BCUT2D eigenvalue weighted by Crippen LogP contribution is -2.25. The van der Waals surface area contributed by atoms with Crippen molar-refractivity contribution in [3.8, 4) is 17.2 Å². The predicted octanol–water partition coefficient (Wildman–Crippen LogP) is 3.99. The number of carbonyl (C=O) groups excluding carboxylic acids is 1. The number of ether oxygens (including phenoxy) is 3. The van der Waals surface area contributed by atoms with Gasteiger partial charge in [-0.1, -0.05) is 13.8 Å². The second kappa shape index (κ2) is 10.4. The zero-order valence-corrected chi connectivity index (χ0v) is 17.2. The summed E-state index contributed by atoms with van der Waals surface area (Å²) in [6.07, 6.45) is 3.78. The molecule has 28 heavy (non-hydrogen) atoms. The van der Waals surface area contributed by atoms with Crippen molar-refractivity contribution in [1.82, 2.24) is 4.98 Å². The third kappa shape index (κ3) is 5.06. The van der Waals surface area contributed by atoms with Gasteiger partial charge in [0.1, 0.15) is 5.82 Å². The van der Waals surface area contributed by atoms with E-state index >= 15 is 0 Å². The lowest BCUT2D eigenvalue weighted by Gasteiger charge is -2.22. The summed E-state index contributed by atoms with van der Waals surface area (Å²) in [5.41, 5.74) is 1.02. The molecule has 1 heterocycles. The molecule has 1 N–H and O–H groups in total. The van der Waals surface area contributed by atoms with Gasteiger partial charge in [-0.25, -0.2) is 4.98 Å². The van der Waals surface area contributed by atoms with Crippen LogP contribution < -0.4 is 24.4 Å². The molecule has 0 saturated heterocycles. The van der Waals surface area contributed by atoms with E-state index in [-0.39, 0.29) is 5.91 Å². The number of aromatic nitrogens is 1. The molecule has 0 aliphatic carbocycles. The quantitative estimate of drug-likeness (QED) is 0.665. The zero-order chi connectivity index (χ0) is 20.5. The Hall–Kier alpha value is -2.96. The van der Waals surface area contributed by atoms with Crippen molar-refractivity contribution >= 4 is 17.4 Å². The fourth-order valence-corrected chi connectivity index (χ4v) is 2.94. The Morgan fingerprint density at radius 2 is 1.61 bits per heavy atom. The van der Waals surface area contributed by atoms with Crippen LogP contribution >= 0.6 is 0 Å². The third-order valence-electron chi connectivity index (χ3n) is 4.24. The largest absolute Gasteiger partial charge is 0.493 e. The van der Waals surface area contributed by atoms with Gasteiger partial charge >= 0.3 is 0 Å². The number of nitrogens with one attached hydrogen (secondary N) is 1. The van der Waals surface area contributed by atoms with E-state index in [0.29, 0.717) is 28.5 Å². The molecule has 0 atom stereocenters. The van der Waals surface area contributed by atoms with Crippen LogP contribution in [0.15, 0.2) is 30.5 Å². The minimum Gasteiger partial charge on any atom is -0.493 e. The van der Waals surface area contributed by atoms with E-state index in [9.17, 15) is 4.79 Å². The summed E-state index contributed by atoms with van der Waals surface area (Å²) >= 11 is 0. The van der Waals surface area contributed by atoms with Gasteiger partial charge in [-0.3, -0.25) is 4.79 Å².